The van der Waals surface area contributed by atoms with Crippen molar-refractivity contribution < 1.29 is 13.2 Å². The molecule has 1 aliphatic carbocycles. The lowest BCUT2D eigenvalue weighted by Crippen LogP contribution is -2.50. The molecule has 0 aromatic heterocycles. The Balaban J connectivity index is 2.01. The van der Waals surface area contributed by atoms with Gasteiger partial charge in [0.15, 0.2) is 9.84 Å². The van der Waals surface area contributed by atoms with Crippen LogP contribution in [0, 0.1) is 5.41 Å². The predicted octanol–water partition coefficient (Wildman–Crippen LogP) is 3.57. The van der Waals surface area contributed by atoms with Gasteiger partial charge in [-0.1, -0.05) is 56.3 Å². The summed E-state index contributed by atoms with van der Waals surface area (Å²) in [5.74, 6) is 0.141. The Morgan fingerprint density at radius 1 is 0.870 bits per heavy atom. The van der Waals surface area contributed by atoms with Crippen LogP contribution >= 0.6 is 0 Å². The van der Waals surface area contributed by atoms with Crippen molar-refractivity contribution in [2.45, 2.75) is 30.6 Å². The minimum Gasteiger partial charge on any atom is -0.298 e. The third kappa shape index (κ3) is 2.61. The van der Waals surface area contributed by atoms with Crippen molar-refractivity contribution in [1.82, 2.24) is 0 Å². The van der Waals surface area contributed by atoms with E-state index in [4.69, 9.17) is 0 Å². The van der Waals surface area contributed by atoms with Crippen molar-refractivity contribution >= 4 is 15.6 Å². The van der Waals surface area contributed by atoms with Gasteiger partial charge in [-0.3, -0.25) is 4.79 Å². The number of ketones is 1. The topological polar surface area (TPSA) is 51.2 Å². The second kappa shape index (κ2) is 5.31. The number of carbonyl (C=O) groups is 1. The Bertz CT molecular complexity index is 834. The highest BCUT2D eigenvalue weighted by Gasteiger charge is 2.56. The van der Waals surface area contributed by atoms with Gasteiger partial charge in [-0.05, 0) is 23.3 Å². The number of hydrogen-bond acceptors (Lipinski definition) is 3. The Morgan fingerprint density at radius 2 is 1.43 bits per heavy atom. The molecule has 2 aromatic rings. The molecule has 0 amide bonds. The van der Waals surface area contributed by atoms with Gasteiger partial charge < -0.3 is 0 Å². The van der Waals surface area contributed by atoms with Crippen molar-refractivity contribution in [2.75, 3.05) is 6.26 Å². The van der Waals surface area contributed by atoms with Crippen molar-refractivity contribution in [1.29, 1.82) is 0 Å². The maximum atomic E-state index is 12.6. The first kappa shape index (κ1) is 15.9. The maximum absolute atomic E-state index is 12.6. The van der Waals surface area contributed by atoms with Gasteiger partial charge in [0.05, 0.1) is 10.8 Å². The van der Waals surface area contributed by atoms with Crippen LogP contribution in [0.3, 0.4) is 0 Å². The fraction of sp³-hybridized carbons (Fsp3) is 0.316. The number of hydrogen-bond donors (Lipinski definition) is 0. The van der Waals surface area contributed by atoms with Crippen LogP contribution < -0.4 is 0 Å². The molecule has 0 saturated heterocycles. The standard InChI is InChI=1S/C19H20O3S/c1-19(2)17(14-9-11-15(12-10-14)23(3,21)22)16(18(19)20)13-7-5-4-6-8-13/h4-12,16-17H,1-3H3/t16-,17-/m0/s1. The van der Waals surface area contributed by atoms with E-state index in [1.165, 1.54) is 6.26 Å². The minimum atomic E-state index is -3.21. The van der Waals surface area contributed by atoms with Gasteiger partial charge in [0.1, 0.15) is 5.78 Å². The molecule has 2 aromatic carbocycles. The van der Waals surface area contributed by atoms with Crippen molar-refractivity contribution in [2.24, 2.45) is 5.41 Å². The molecule has 0 spiro atoms. The van der Waals surface area contributed by atoms with Crippen LogP contribution in [-0.4, -0.2) is 20.5 Å². The number of sulfone groups is 1. The van der Waals surface area contributed by atoms with Gasteiger partial charge in [0, 0.05) is 17.6 Å². The molecule has 4 heteroatoms. The summed E-state index contributed by atoms with van der Waals surface area (Å²) in [6.07, 6.45) is 1.20. The molecule has 3 rings (SSSR count). The first-order valence-corrected chi connectivity index (χ1v) is 9.51. The largest absolute Gasteiger partial charge is 0.298 e. The maximum Gasteiger partial charge on any atom is 0.175 e. The highest BCUT2D eigenvalue weighted by Crippen LogP contribution is 2.58. The molecule has 0 bridgehead atoms. The zero-order valence-electron chi connectivity index (χ0n) is 13.5. The first-order valence-electron chi connectivity index (χ1n) is 7.62. The molecule has 0 unspecified atom stereocenters. The average molecular weight is 328 g/mol. The van der Waals surface area contributed by atoms with E-state index in [1.807, 2.05) is 56.3 Å². The molecule has 3 nitrogen and oxygen atoms in total. The van der Waals surface area contributed by atoms with E-state index >= 15 is 0 Å². The predicted molar refractivity (Wildman–Crippen MR) is 90.3 cm³/mol. The van der Waals surface area contributed by atoms with Crippen LogP contribution in [0.2, 0.25) is 0 Å². The molecule has 0 aliphatic heterocycles. The average Bonchev–Trinajstić information content (AvgIpc) is 2.52. The van der Waals surface area contributed by atoms with E-state index < -0.39 is 15.3 Å². The SMILES string of the molecule is CC1(C)C(=O)[C@@H](c2ccccc2)[C@@H]1c1ccc(S(C)(=O)=O)cc1. The van der Waals surface area contributed by atoms with Gasteiger partial charge in [0.25, 0.3) is 0 Å². The molecular formula is C19H20O3S. The highest BCUT2D eigenvalue weighted by molar-refractivity contribution is 7.90. The first-order chi connectivity index (χ1) is 10.7. The third-order valence-electron chi connectivity index (χ3n) is 4.85. The summed E-state index contributed by atoms with van der Waals surface area (Å²) >= 11 is 0. The molecule has 0 N–H and O–H groups in total. The van der Waals surface area contributed by atoms with Gasteiger partial charge >= 0.3 is 0 Å². The van der Waals surface area contributed by atoms with Crippen LogP contribution in [0.4, 0.5) is 0 Å². The number of rotatable bonds is 3. The summed E-state index contributed by atoms with van der Waals surface area (Å²) in [5, 5.41) is 0. The smallest absolute Gasteiger partial charge is 0.175 e. The van der Waals surface area contributed by atoms with Crippen molar-refractivity contribution in [3.63, 3.8) is 0 Å². The van der Waals surface area contributed by atoms with Crippen LogP contribution in [0.25, 0.3) is 0 Å². The lowest BCUT2D eigenvalue weighted by molar-refractivity contribution is -0.141. The minimum absolute atomic E-state index is 0.0611. The second-order valence-electron chi connectivity index (χ2n) is 6.79. The van der Waals surface area contributed by atoms with Gasteiger partial charge in [-0.25, -0.2) is 8.42 Å². The van der Waals surface area contributed by atoms with E-state index in [0.717, 1.165) is 11.1 Å². The van der Waals surface area contributed by atoms with E-state index in [2.05, 4.69) is 0 Å². The molecule has 1 fully saturated rings. The number of carbonyl (C=O) groups excluding carboxylic acids is 1. The quantitative estimate of drug-likeness (QED) is 0.865. The molecule has 23 heavy (non-hydrogen) atoms. The lowest BCUT2D eigenvalue weighted by Gasteiger charge is -2.50. The molecule has 0 heterocycles. The summed E-state index contributed by atoms with van der Waals surface area (Å²) < 4.78 is 23.2. The summed E-state index contributed by atoms with van der Waals surface area (Å²) in [6.45, 7) is 3.92. The fourth-order valence-electron chi connectivity index (χ4n) is 3.56. The highest BCUT2D eigenvalue weighted by atomic mass is 32.2. The molecule has 1 saturated carbocycles. The van der Waals surface area contributed by atoms with E-state index in [-0.39, 0.29) is 17.6 Å². The summed E-state index contributed by atoms with van der Waals surface area (Å²) in [6, 6.07) is 16.7. The molecule has 0 radical (unpaired) electrons. The van der Waals surface area contributed by atoms with Crippen molar-refractivity contribution in [3.05, 3.63) is 65.7 Å². The summed E-state index contributed by atoms with van der Waals surface area (Å²) in [4.78, 5) is 12.9. The normalized spacial score (nSPS) is 23.3. The summed E-state index contributed by atoms with van der Waals surface area (Å²) in [5.41, 5.74) is 1.59. The zero-order chi connectivity index (χ0) is 16.8. The van der Waals surface area contributed by atoms with Crippen molar-refractivity contribution in [3.8, 4) is 0 Å². The van der Waals surface area contributed by atoms with Gasteiger partial charge in [-0.15, -0.1) is 0 Å². The monoisotopic (exact) mass is 328 g/mol. The fourth-order valence-corrected chi connectivity index (χ4v) is 4.19. The number of benzene rings is 2. The zero-order valence-corrected chi connectivity index (χ0v) is 14.3. The Kier molecular flexibility index (Phi) is 3.68. The summed E-state index contributed by atoms with van der Waals surface area (Å²) in [7, 11) is -3.21. The molecular weight excluding hydrogens is 308 g/mol. The van der Waals surface area contributed by atoms with Crippen LogP contribution in [0.5, 0.6) is 0 Å². The molecule has 120 valence electrons. The Hall–Kier alpha value is -1.94. The lowest BCUT2D eigenvalue weighted by atomic mass is 9.51. The Labute approximate surface area is 137 Å². The van der Waals surface area contributed by atoms with E-state index in [1.54, 1.807) is 12.1 Å². The van der Waals surface area contributed by atoms with Gasteiger partial charge in [0.2, 0.25) is 0 Å². The van der Waals surface area contributed by atoms with Crippen LogP contribution in [0.15, 0.2) is 59.5 Å². The van der Waals surface area contributed by atoms with Crippen LogP contribution in [-0.2, 0) is 14.6 Å². The van der Waals surface area contributed by atoms with E-state index in [9.17, 15) is 13.2 Å². The third-order valence-corrected chi connectivity index (χ3v) is 5.98. The van der Waals surface area contributed by atoms with Gasteiger partial charge in [-0.2, -0.15) is 0 Å². The Morgan fingerprint density at radius 3 is 1.96 bits per heavy atom. The molecule has 2 atom stereocenters. The number of Topliss-reactive ketones (excluding diaryl/α,β-unsaturated/α-hetero) is 1. The van der Waals surface area contributed by atoms with E-state index in [0.29, 0.717) is 4.90 Å². The van der Waals surface area contributed by atoms with Crippen LogP contribution in [0.1, 0.15) is 36.8 Å². The molecule has 1 aliphatic rings. The second-order valence-corrected chi connectivity index (χ2v) is 8.81.